The number of halogens is 7. The van der Waals surface area contributed by atoms with E-state index in [-0.39, 0.29) is 17.7 Å². The van der Waals surface area contributed by atoms with E-state index >= 15 is 0 Å². The average molecular weight is 500 g/mol. The Morgan fingerprint density at radius 1 is 1.21 bits per heavy atom. The number of alkyl halides is 3. The molecule has 0 bridgehead atoms. The molecule has 0 N–H and O–H groups in total. The van der Waals surface area contributed by atoms with Crippen LogP contribution in [0.3, 0.4) is 0 Å². The molecule has 9 heteroatoms. The Labute approximate surface area is 177 Å². The number of ether oxygens (including phenoxy) is 1. The molecule has 0 saturated heterocycles. The van der Waals surface area contributed by atoms with Crippen molar-refractivity contribution in [2.24, 2.45) is 0 Å². The van der Waals surface area contributed by atoms with E-state index in [2.05, 4.69) is 15.9 Å². The fourth-order valence-corrected chi connectivity index (χ4v) is 3.44. The standard InChI is InChI=1S/C19H13BrCl2F4O2/c1-2-28-18(27)12-5-3-10(7-14(12)20)4-6-13(19(24,25)26)11-8-15(21)17(23)16(22)9-11/h3-9,13H,2H2,1H3/b6-4+. The predicted molar refractivity (Wildman–Crippen MR) is 104 cm³/mol. The van der Waals surface area contributed by atoms with Gasteiger partial charge in [-0.05, 0) is 58.2 Å². The molecular weight excluding hydrogens is 487 g/mol. The summed E-state index contributed by atoms with van der Waals surface area (Å²) in [6, 6.07) is 6.19. The average Bonchev–Trinajstić information content (AvgIpc) is 2.58. The zero-order valence-corrected chi connectivity index (χ0v) is 17.4. The van der Waals surface area contributed by atoms with Gasteiger partial charge >= 0.3 is 12.1 Å². The molecule has 1 atom stereocenters. The van der Waals surface area contributed by atoms with E-state index in [4.69, 9.17) is 27.9 Å². The maximum atomic E-state index is 13.5. The first-order valence-corrected chi connectivity index (χ1v) is 9.45. The highest BCUT2D eigenvalue weighted by Gasteiger charge is 2.39. The van der Waals surface area contributed by atoms with Crippen molar-refractivity contribution >= 4 is 51.2 Å². The Balaban J connectivity index is 2.37. The first-order chi connectivity index (χ1) is 13.0. The third-order valence-corrected chi connectivity index (χ3v) is 4.89. The van der Waals surface area contributed by atoms with E-state index in [1.165, 1.54) is 24.3 Å². The van der Waals surface area contributed by atoms with Crippen molar-refractivity contribution in [2.75, 3.05) is 6.61 Å². The van der Waals surface area contributed by atoms with Crippen molar-refractivity contribution < 1.29 is 27.1 Å². The molecule has 0 fully saturated rings. The summed E-state index contributed by atoms with van der Waals surface area (Å²) in [5, 5.41) is -0.988. The summed E-state index contributed by atoms with van der Waals surface area (Å²) < 4.78 is 59.3. The van der Waals surface area contributed by atoms with Crippen LogP contribution in [-0.4, -0.2) is 18.8 Å². The quantitative estimate of drug-likeness (QED) is 0.243. The topological polar surface area (TPSA) is 26.3 Å². The van der Waals surface area contributed by atoms with Crippen molar-refractivity contribution in [1.29, 1.82) is 0 Å². The molecule has 0 spiro atoms. The number of esters is 1. The van der Waals surface area contributed by atoms with Gasteiger partial charge in [-0.3, -0.25) is 0 Å². The maximum Gasteiger partial charge on any atom is 0.399 e. The summed E-state index contributed by atoms with van der Waals surface area (Å²) in [6.45, 7) is 1.86. The lowest BCUT2D eigenvalue weighted by Crippen LogP contribution is -2.19. The molecule has 0 aliphatic carbocycles. The molecule has 2 aromatic carbocycles. The number of rotatable bonds is 5. The first kappa shape index (κ1) is 22.7. The number of carbonyl (C=O) groups excluding carboxylic acids is 1. The fourth-order valence-electron chi connectivity index (χ4n) is 2.38. The number of hydrogen-bond donors (Lipinski definition) is 0. The van der Waals surface area contributed by atoms with Crippen LogP contribution in [0.5, 0.6) is 0 Å². The smallest absolute Gasteiger partial charge is 0.399 e. The summed E-state index contributed by atoms with van der Waals surface area (Å²) in [5.74, 6) is -3.57. The minimum absolute atomic E-state index is 0.197. The molecule has 1 unspecified atom stereocenters. The van der Waals surface area contributed by atoms with Crippen molar-refractivity contribution in [2.45, 2.75) is 19.0 Å². The molecule has 150 valence electrons. The second-order valence-electron chi connectivity index (χ2n) is 5.64. The zero-order chi connectivity index (χ0) is 21.1. The number of hydrogen-bond acceptors (Lipinski definition) is 2. The summed E-state index contributed by atoms with van der Waals surface area (Å²) in [4.78, 5) is 11.8. The number of allylic oxidation sites excluding steroid dienone is 1. The highest BCUT2D eigenvalue weighted by atomic mass is 79.9. The molecule has 28 heavy (non-hydrogen) atoms. The minimum atomic E-state index is -4.65. The molecule has 2 nitrogen and oxygen atoms in total. The lowest BCUT2D eigenvalue weighted by Gasteiger charge is -2.18. The van der Waals surface area contributed by atoms with E-state index in [1.54, 1.807) is 6.92 Å². The molecule has 0 aromatic heterocycles. The Morgan fingerprint density at radius 3 is 2.32 bits per heavy atom. The van der Waals surface area contributed by atoms with Crippen molar-refractivity contribution in [3.8, 4) is 0 Å². The van der Waals surface area contributed by atoms with Crippen LogP contribution in [0.2, 0.25) is 10.0 Å². The molecule has 2 rings (SSSR count). The molecular formula is C19H13BrCl2F4O2. The minimum Gasteiger partial charge on any atom is -0.462 e. The van der Waals surface area contributed by atoms with Crippen LogP contribution in [0.1, 0.15) is 34.3 Å². The molecule has 2 aromatic rings. The van der Waals surface area contributed by atoms with Gasteiger partial charge < -0.3 is 4.74 Å². The molecule has 0 radical (unpaired) electrons. The van der Waals surface area contributed by atoms with Gasteiger partial charge in [0.1, 0.15) is 0 Å². The molecule has 0 amide bonds. The van der Waals surface area contributed by atoms with Crippen LogP contribution in [0, 0.1) is 5.82 Å². The largest absolute Gasteiger partial charge is 0.462 e. The van der Waals surface area contributed by atoms with Gasteiger partial charge in [0.2, 0.25) is 0 Å². The van der Waals surface area contributed by atoms with Crippen LogP contribution in [0.4, 0.5) is 17.6 Å². The van der Waals surface area contributed by atoms with Crippen LogP contribution >= 0.6 is 39.1 Å². The van der Waals surface area contributed by atoms with Gasteiger partial charge in [0, 0.05) is 4.47 Å². The third kappa shape index (κ3) is 5.49. The Morgan fingerprint density at radius 2 is 1.82 bits per heavy atom. The van der Waals surface area contributed by atoms with E-state index < -0.39 is 33.9 Å². The molecule has 0 aliphatic rings. The third-order valence-electron chi connectivity index (χ3n) is 3.69. The Kier molecular flexibility index (Phi) is 7.53. The van der Waals surface area contributed by atoms with E-state index in [0.717, 1.165) is 18.2 Å². The van der Waals surface area contributed by atoms with E-state index in [0.29, 0.717) is 10.0 Å². The van der Waals surface area contributed by atoms with Gasteiger partial charge in [-0.1, -0.05) is 41.4 Å². The van der Waals surface area contributed by atoms with Crippen LogP contribution < -0.4 is 0 Å². The number of carbonyl (C=O) groups is 1. The fraction of sp³-hybridized carbons (Fsp3) is 0.211. The van der Waals surface area contributed by atoms with Crippen molar-refractivity contribution in [1.82, 2.24) is 0 Å². The number of benzene rings is 2. The van der Waals surface area contributed by atoms with Crippen LogP contribution in [0.15, 0.2) is 40.9 Å². The molecule has 0 saturated carbocycles. The normalized spacial score (nSPS) is 13.0. The Hall–Kier alpha value is -1.57. The predicted octanol–water partition coefficient (Wildman–Crippen LogP) is 7.43. The summed E-state index contributed by atoms with van der Waals surface area (Å²) >= 11 is 14.4. The van der Waals surface area contributed by atoms with E-state index in [9.17, 15) is 22.4 Å². The second-order valence-corrected chi connectivity index (χ2v) is 7.31. The Bertz CT molecular complexity index is 890. The zero-order valence-electron chi connectivity index (χ0n) is 14.3. The van der Waals surface area contributed by atoms with Gasteiger partial charge in [-0.25, -0.2) is 9.18 Å². The maximum absolute atomic E-state index is 13.5. The van der Waals surface area contributed by atoms with Crippen molar-refractivity contribution in [3.05, 3.63) is 73.4 Å². The first-order valence-electron chi connectivity index (χ1n) is 7.90. The summed E-state index contributed by atoms with van der Waals surface area (Å²) in [7, 11) is 0. The van der Waals surface area contributed by atoms with Crippen LogP contribution in [0.25, 0.3) is 6.08 Å². The highest BCUT2D eigenvalue weighted by Crippen LogP contribution is 2.39. The second kappa shape index (κ2) is 9.29. The van der Waals surface area contributed by atoms with Gasteiger partial charge in [-0.15, -0.1) is 0 Å². The van der Waals surface area contributed by atoms with Crippen molar-refractivity contribution in [3.63, 3.8) is 0 Å². The van der Waals surface area contributed by atoms with Gasteiger partial charge in [0.15, 0.2) is 5.82 Å². The summed E-state index contributed by atoms with van der Waals surface area (Å²) in [5.41, 5.74) is 0.374. The lowest BCUT2D eigenvalue weighted by molar-refractivity contribution is -0.139. The van der Waals surface area contributed by atoms with Gasteiger partial charge in [0.25, 0.3) is 0 Å². The SMILES string of the molecule is CCOC(=O)c1ccc(/C=C/C(c2cc(Cl)c(F)c(Cl)c2)C(F)(F)F)cc1Br. The van der Waals surface area contributed by atoms with E-state index in [1.807, 2.05) is 0 Å². The molecule has 0 heterocycles. The molecule has 0 aliphatic heterocycles. The van der Waals surface area contributed by atoms with Crippen LogP contribution in [-0.2, 0) is 4.74 Å². The monoisotopic (exact) mass is 498 g/mol. The lowest BCUT2D eigenvalue weighted by atomic mass is 9.97. The van der Waals surface area contributed by atoms with Gasteiger partial charge in [0.05, 0.1) is 28.1 Å². The van der Waals surface area contributed by atoms with Gasteiger partial charge in [-0.2, -0.15) is 13.2 Å². The highest BCUT2D eigenvalue weighted by molar-refractivity contribution is 9.10. The summed E-state index contributed by atoms with van der Waals surface area (Å²) in [6.07, 6.45) is -2.50.